The van der Waals surface area contributed by atoms with Gasteiger partial charge in [-0.05, 0) is 6.92 Å². The van der Waals surface area contributed by atoms with E-state index in [1.807, 2.05) is 0 Å². The molecule has 0 rings (SSSR count). The van der Waals surface area contributed by atoms with E-state index >= 15 is 0 Å². The number of rotatable bonds is 4. The first-order chi connectivity index (χ1) is 5.97. The minimum absolute atomic E-state index is 0.250. The molecule has 4 N–H and O–H groups in total. The minimum Gasteiger partial charge on any atom is -0.425 e. The average Bonchev–Trinajstić information content (AvgIpc) is 2.03. The van der Waals surface area contributed by atoms with Crippen LogP contribution in [0.25, 0.3) is 0 Å². The molecule has 0 fully saturated rings. The smallest absolute Gasteiger partial charge is 0.325 e. The second-order valence-corrected chi connectivity index (χ2v) is 2.49. The van der Waals surface area contributed by atoms with Crippen molar-refractivity contribution in [1.29, 1.82) is 0 Å². The van der Waals surface area contributed by atoms with Crippen molar-refractivity contribution in [2.45, 2.75) is 26.2 Å². The van der Waals surface area contributed by atoms with Crippen LogP contribution in [0.1, 0.15) is 13.8 Å². The number of hydrogen-bond donors (Lipinski definition) is 2. The third-order valence-corrected chi connectivity index (χ3v) is 1.12. The Morgan fingerprint density at radius 3 is 2.23 bits per heavy atom. The molecule has 0 radical (unpaired) electrons. The van der Waals surface area contributed by atoms with Crippen LogP contribution in [0.4, 0.5) is 0 Å². The second kappa shape index (κ2) is 5.50. The summed E-state index contributed by atoms with van der Waals surface area (Å²) in [4.78, 5) is 21.5. The first-order valence-corrected chi connectivity index (χ1v) is 3.83. The molecule has 0 aliphatic heterocycles. The van der Waals surface area contributed by atoms with Crippen molar-refractivity contribution in [2.75, 3.05) is 6.54 Å². The summed E-state index contributed by atoms with van der Waals surface area (Å²) in [5.41, 5.74) is 10.2. The topological polar surface area (TPSA) is 105 Å². The van der Waals surface area contributed by atoms with Gasteiger partial charge in [-0.25, -0.2) is 0 Å². The normalized spacial score (nSPS) is 14.5. The van der Waals surface area contributed by atoms with E-state index in [0.717, 1.165) is 0 Å². The monoisotopic (exact) mass is 190 g/mol. The van der Waals surface area contributed by atoms with Gasteiger partial charge in [0.15, 0.2) is 0 Å². The molecule has 0 bridgehead atoms. The third-order valence-electron chi connectivity index (χ3n) is 1.12. The predicted octanol–water partition coefficient (Wildman–Crippen LogP) is -1.28. The van der Waals surface area contributed by atoms with Gasteiger partial charge in [0.25, 0.3) is 0 Å². The number of esters is 2. The van der Waals surface area contributed by atoms with Crippen LogP contribution in [0.5, 0.6) is 0 Å². The van der Waals surface area contributed by atoms with Crippen LogP contribution in [0.15, 0.2) is 0 Å². The quantitative estimate of drug-likeness (QED) is 0.423. The number of ether oxygens (including phenoxy) is 2. The van der Waals surface area contributed by atoms with Crippen LogP contribution in [-0.4, -0.2) is 30.8 Å². The van der Waals surface area contributed by atoms with E-state index in [0.29, 0.717) is 0 Å². The van der Waals surface area contributed by atoms with Crippen molar-refractivity contribution in [1.82, 2.24) is 0 Å². The zero-order valence-corrected chi connectivity index (χ0v) is 7.65. The van der Waals surface area contributed by atoms with Crippen LogP contribution in [0.2, 0.25) is 0 Å². The van der Waals surface area contributed by atoms with E-state index in [-0.39, 0.29) is 6.54 Å². The van der Waals surface area contributed by atoms with Gasteiger partial charge in [-0.1, -0.05) is 0 Å². The fourth-order valence-corrected chi connectivity index (χ4v) is 0.528. The maximum Gasteiger partial charge on any atom is 0.325 e. The Bertz CT molecular complexity index is 193. The van der Waals surface area contributed by atoms with Gasteiger partial charge < -0.3 is 20.9 Å². The Balaban J connectivity index is 3.80. The summed E-state index contributed by atoms with van der Waals surface area (Å²) in [6, 6.07) is -0.737. The molecule has 13 heavy (non-hydrogen) atoms. The number of carbonyl (C=O) groups is 2. The maximum absolute atomic E-state index is 10.9. The summed E-state index contributed by atoms with van der Waals surface area (Å²) in [5, 5.41) is 0. The second-order valence-electron chi connectivity index (χ2n) is 2.49. The van der Waals surface area contributed by atoms with Gasteiger partial charge in [-0.2, -0.15) is 0 Å². The van der Waals surface area contributed by atoms with Crippen LogP contribution >= 0.6 is 0 Å². The molecule has 0 aromatic carbocycles. The van der Waals surface area contributed by atoms with E-state index in [4.69, 9.17) is 11.5 Å². The molecule has 0 aromatic heterocycles. The van der Waals surface area contributed by atoms with Gasteiger partial charge in [0.1, 0.15) is 6.04 Å². The molecule has 0 heterocycles. The zero-order chi connectivity index (χ0) is 10.4. The highest BCUT2D eigenvalue weighted by Crippen LogP contribution is 1.96. The molecule has 0 saturated heterocycles. The fourth-order valence-electron chi connectivity index (χ4n) is 0.528. The van der Waals surface area contributed by atoms with Crippen molar-refractivity contribution in [3.05, 3.63) is 0 Å². The summed E-state index contributed by atoms with van der Waals surface area (Å²) < 4.78 is 9.18. The molecule has 0 aromatic rings. The van der Waals surface area contributed by atoms with Gasteiger partial charge >= 0.3 is 11.9 Å². The van der Waals surface area contributed by atoms with Crippen molar-refractivity contribution in [3.8, 4) is 0 Å². The SMILES string of the molecule is CC(OC(=O)CN)OC(=O)C(C)N. The van der Waals surface area contributed by atoms with E-state index < -0.39 is 24.3 Å². The first kappa shape index (κ1) is 11.9. The van der Waals surface area contributed by atoms with E-state index in [9.17, 15) is 9.59 Å². The molecule has 2 atom stereocenters. The van der Waals surface area contributed by atoms with Gasteiger partial charge in [-0.3, -0.25) is 9.59 Å². The Hall–Kier alpha value is -1.14. The Morgan fingerprint density at radius 2 is 1.85 bits per heavy atom. The number of hydrogen-bond acceptors (Lipinski definition) is 6. The van der Waals surface area contributed by atoms with Crippen molar-refractivity contribution < 1.29 is 19.1 Å². The van der Waals surface area contributed by atoms with Crippen LogP contribution in [-0.2, 0) is 19.1 Å². The summed E-state index contributed by atoms with van der Waals surface area (Å²) in [6.45, 7) is 2.63. The first-order valence-electron chi connectivity index (χ1n) is 3.83. The number of nitrogens with two attached hydrogens (primary N) is 2. The maximum atomic E-state index is 10.9. The van der Waals surface area contributed by atoms with Crippen molar-refractivity contribution in [3.63, 3.8) is 0 Å². The molecule has 6 heteroatoms. The molecule has 6 nitrogen and oxygen atoms in total. The lowest BCUT2D eigenvalue weighted by atomic mass is 10.4. The molecule has 0 aliphatic carbocycles. The average molecular weight is 190 g/mol. The molecule has 0 spiro atoms. The number of carbonyl (C=O) groups excluding carboxylic acids is 2. The predicted molar refractivity (Wildman–Crippen MR) is 44.3 cm³/mol. The van der Waals surface area contributed by atoms with Gasteiger partial charge in [0.05, 0.1) is 6.54 Å². The summed E-state index contributed by atoms with van der Waals surface area (Å²) in [5.74, 6) is -1.26. The molecule has 0 aliphatic rings. The van der Waals surface area contributed by atoms with Gasteiger partial charge in [0.2, 0.25) is 6.29 Å². The van der Waals surface area contributed by atoms with Crippen molar-refractivity contribution >= 4 is 11.9 Å². The van der Waals surface area contributed by atoms with Crippen LogP contribution < -0.4 is 11.5 Å². The highest BCUT2D eigenvalue weighted by Gasteiger charge is 2.15. The van der Waals surface area contributed by atoms with Gasteiger partial charge in [0, 0.05) is 6.92 Å². The third kappa shape index (κ3) is 5.15. The van der Waals surface area contributed by atoms with Gasteiger partial charge in [-0.15, -0.1) is 0 Å². The minimum atomic E-state index is -0.949. The summed E-state index contributed by atoms with van der Waals surface area (Å²) in [7, 11) is 0. The Kier molecular flexibility index (Phi) is 5.01. The molecule has 2 unspecified atom stereocenters. The summed E-state index contributed by atoms with van der Waals surface area (Å²) >= 11 is 0. The Labute approximate surface area is 76.2 Å². The largest absolute Gasteiger partial charge is 0.425 e. The van der Waals surface area contributed by atoms with Crippen molar-refractivity contribution in [2.24, 2.45) is 11.5 Å². The molecule has 0 saturated carbocycles. The van der Waals surface area contributed by atoms with E-state index in [2.05, 4.69) is 9.47 Å². The lowest BCUT2D eigenvalue weighted by Gasteiger charge is -2.14. The summed E-state index contributed by atoms with van der Waals surface area (Å²) in [6.07, 6.45) is -0.949. The highest BCUT2D eigenvalue weighted by atomic mass is 16.7. The fraction of sp³-hybridized carbons (Fsp3) is 0.714. The zero-order valence-electron chi connectivity index (χ0n) is 7.65. The Morgan fingerprint density at radius 1 is 1.31 bits per heavy atom. The van der Waals surface area contributed by atoms with E-state index in [1.54, 1.807) is 0 Å². The molecule has 76 valence electrons. The molecular formula is C7H14N2O4. The molecule has 0 amide bonds. The lowest BCUT2D eigenvalue weighted by molar-refractivity contribution is -0.184. The molecular weight excluding hydrogens is 176 g/mol. The highest BCUT2D eigenvalue weighted by molar-refractivity contribution is 5.75. The van der Waals surface area contributed by atoms with Crippen LogP contribution in [0, 0.1) is 0 Å². The standard InChI is InChI=1S/C7H14N2O4/c1-4(9)7(11)13-5(2)12-6(10)3-8/h4-5H,3,8-9H2,1-2H3. The lowest BCUT2D eigenvalue weighted by Crippen LogP contribution is -2.33. The van der Waals surface area contributed by atoms with Crippen LogP contribution in [0.3, 0.4) is 0 Å². The van der Waals surface area contributed by atoms with E-state index in [1.165, 1.54) is 13.8 Å².